The van der Waals surface area contributed by atoms with E-state index in [1.54, 1.807) is 16.2 Å². The Morgan fingerprint density at radius 1 is 1.37 bits per heavy atom. The lowest BCUT2D eigenvalue weighted by Gasteiger charge is -2.23. The lowest BCUT2D eigenvalue weighted by Crippen LogP contribution is -2.43. The molecule has 1 amide bonds. The number of benzene rings is 2. The number of aromatic nitrogens is 1. The maximum absolute atomic E-state index is 13.9. The van der Waals surface area contributed by atoms with Gasteiger partial charge in [-0.25, -0.2) is 4.98 Å². The SMILES string of the molecule is C=N/C(=C\C=C/C)CN1C(=O)C2(COc3cc4nc(C)sc4cc32)c2ccccc21. The number of thiazole rings is 1. The third-order valence-electron chi connectivity index (χ3n) is 5.77. The Hall–Kier alpha value is -3.25. The molecule has 0 radical (unpaired) electrons. The number of allylic oxidation sites excluding steroid dienone is 3. The van der Waals surface area contributed by atoms with E-state index in [9.17, 15) is 4.79 Å². The number of carbonyl (C=O) groups excluding carboxylic acids is 1. The number of fused-ring (bicyclic) bond motifs is 5. The van der Waals surface area contributed by atoms with Crippen molar-refractivity contribution in [3.05, 3.63) is 76.5 Å². The summed E-state index contributed by atoms with van der Waals surface area (Å²) >= 11 is 1.64. The number of hydrogen-bond acceptors (Lipinski definition) is 5. The summed E-state index contributed by atoms with van der Waals surface area (Å²) in [6, 6.07) is 12.0. The number of aryl methyl sites for hydroxylation is 1. The molecular formula is C24H21N3O2S. The summed E-state index contributed by atoms with van der Waals surface area (Å²) in [7, 11) is 0. The van der Waals surface area contributed by atoms with Crippen molar-refractivity contribution < 1.29 is 9.53 Å². The maximum Gasteiger partial charge on any atom is 0.246 e. The normalized spacial score (nSPS) is 20.3. The van der Waals surface area contributed by atoms with E-state index in [4.69, 9.17) is 4.74 Å². The van der Waals surface area contributed by atoms with Gasteiger partial charge in [-0.2, -0.15) is 0 Å². The maximum atomic E-state index is 13.9. The van der Waals surface area contributed by atoms with Crippen molar-refractivity contribution in [2.75, 3.05) is 18.1 Å². The Morgan fingerprint density at radius 2 is 2.20 bits per heavy atom. The molecule has 1 spiro atoms. The highest BCUT2D eigenvalue weighted by atomic mass is 32.1. The van der Waals surface area contributed by atoms with Gasteiger partial charge in [0, 0.05) is 17.3 Å². The van der Waals surface area contributed by atoms with Crippen LogP contribution in [-0.4, -0.2) is 30.8 Å². The Morgan fingerprint density at radius 3 is 3.00 bits per heavy atom. The second-order valence-corrected chi connectivity index (χ2v) is 8.73. The number of amides is 1. The molecule has 2 aliphatic heterocycles. The molecule has 30 heavy (non-hydrogen) atoms. The molecule has 1 atom stereocenters. The fourth-order valence-electron chi connectivity index (χ4n) is 4.39. The van der Waals surface area contributed by atoms with Crippen LogP contribution in [0.15, 0.2) is 65.3 Å². The summed E-state index contributed by atoms with van der Waals surface area (Å²) in [6.07, 6.45) is 5.72. The lowest BCUT2D eigenvalue weighted by molar-refractivity contribution is -0.122. The molecule has 0 saturated carbocycles. The number of carbonyl (C=O) groups is 1. The van der Waals surface area contributed by atoms with E-state index in [0.29, 0.717) is 13.2 Å². The van der Waals surface area contributed by atoms with Gasteiger partial charge in [0.1, 0.15) is 17.8 Å². The first-order valence-electron chi connectivity index (χ1n) is 9.83. The molecule has 5 rings (SSSR count). The van der Waals surface area contributed by atoms with Crippen LogP contribution in [-0.2, 0) is 10.2 Å². The minimum atomic E-state index is -0.842. The summed E-state index contributed by atoms with van der Waals surface area (Å²) in [5, 5.41) is 0.998. The fraction of sp³-hybridized carbons (Fsp3) is 0.208. The van der Waals surface area contributed by atoms with Gasteiger partial charge in [-0.15, -0.1) is 11.3 Å². The first-order chi connectivity index (χ1) is 14.6. The van der Waals surface area contributed by atoms with Crippen LogP contribution in [0, 0.1) is 6.92 Å². The van der Waals surface area contributed by atoms with Crippen molar-refractivity contribution in [2.24, 2.45) is 4.99 Å². The van der Waals surface area contributed by atoms with Gasteiger partial charge in [0.15, 0.2) is 0 Å². The summed E-state index contributed by atoms with van der Waals surface area (Å²) in [5.74, 6) is 0.752. The smallest absolute Gasteiger partial charge is 0.246 e. The highest BCUT2D eigenvalue weighted by molar-refractivity contribution is 7.18. The van der Waals surface area contributed by atoms with E-state index in [1.807, 2.05) is 62.4 Å². The van der Waals surface area contributed by atoms with E-state index in [1.165, 1.54) is 0 Å². The zero-order chi connectivity index (χ0) is 20.9. The molecular weight excluding hydrogens is 394 g/mol. The fourth-order valence-corrected chi connectivity index (χ4v) is 5.24. The quantitative estimate of drug-likeness (QED) is 0.455. The lowest BCUT2D eigenvalue weighted by atomic mass is 9.77. The Kier molecular flexibility index (Phi) is 4.33. The Balaban J connectivity index is 1.67. The topological polar surface area (TPSA) is 54.8 Å². The highest BCUT2D eigenvalue weighted by Crippen LogP contribution is 2.53. The van der Waals surface area contributed by atoms with Gasteiger partial charge in [0.25, 0.3) is 0 Å². The molecule has 1 unspecified atom stereocenters. The molecule has 2 aromatic carbocycles. The molecule has 5 nitrogen and oxygen atoms in total. The van der Waals surface area contributed by atoms with E-state index >= 15 is 0 Å². The summed E-state index contributed by atoms with van der Waals surface area (Å²) in [4.78, 5) is 24.4. The Bertz CT molecular complexity index is 1260. The van der Waals surface area contributed by atoms with Crippen LogP contribution in [0.2, 0.25) is 0 Å². The van der Waals surface area contributed by atoms with Gasteiger partial charge < -0.3 is 9.64 Å². The number of aliphatic imine (C=N–C) groups is 1. The number of hydrogen-bond donors (Lipinski definition) is 0. The number of nitrogens with zero attached hydrogens (tertiary/aromatic N) is 3. The minimum Gasteiger partial charge on any atom is -0.491 e. The van der Waals surface area contributed by atoms with Crippen molar-refractivity contribution >= 4 is 39.9 Å². The van der Waals surface area contributed by atoms with Gasteiger partial charge in [-0.05, 0) is 44.3 Å². The summed E-state index contributed by atoms with van der Waals surface area (Å²) in [6.45, 7) is 8.27. The highest BCUT2D eigenvalue weighted by Gasteiger charge is 2.57. The molecule has 150 valence electrons. The number of para-hydroxylation sites is 1. The van der Waals surface area contributed by atoms with Crippen LogP contribution in [0.1, 0.15) is 23.1 Å². The van der Waals surface area contributed by atoms with Crippen LogP contribution < -0.4 is 9.64 Å². The van der Waals surface area contributed by atoms with Gasteiger partial charge in [-0.1, -0.05) is 30.4 Å². The second kappa shape index (κ2) is 6.92. The van der Waals surface area contributed by atoms with Crippen LogP contribution in [0.4, 0.5) is 5.69 Å². The zero-order valence-corrected chi connectivity index (χ0v) is 17.7. The minimum absolute atomic E-state index is 0.0121. The molecule has 3 aromatic rings. The van der Waals surface area contributed by atoms with Crippen LogP contribution in [0.3, 0.4) is 0 Å². The van der Waals surface area contributed by atoms with Gasteiger partial charge in [0.2, 0.25) is 5.91 Å². The van der Waals surface area contributed by atoms with Crippen LogP contribution in [0.25, 0.3) is 10.2 Å². The summed E-state index contributed by atoms with van der Waals surface area (Å²) < 4.78 is 7.15. The van der Waals surface area contributed by atoms with Crippen molar-refractivity contribution in [2.45, 2.75) is 19.3 Å². The van der Waals surface area contributed by atoms with Crippen molar-refractivity contribution in [1.82, 2.24) is 4.98 Å². The van der Waals surface area contributed by atoms with E-state index in [0.717, 1.165) is 43.5 Å². The average molecular weight is 416 g/mol. The van der Waals surface area contributed by atoms with Gasteiger partial charge in [0.05, 0.1) is 27.5 Å². The first-order valence-corrected chi connectivity index (χ1v) is 10.6. The number of anilines is 1. The molecule has 1 aromatic heterocycles. The van der Waals surface area contributed by atoms with E-state index in [2.05, 4.69) is 22.8 Å². The van der Waals surface area contributed by atoms with Crippen molar-refractivity contribution in [3.63, 3.8) is 0 Å². The largest absolute Gasteiger partial charge is 0.491 e. The Labute approximate surface area is 179 Å². The predicted molar refractivity (Wildman–Crippen MR) is 122 cm³/mol. The van der Waals surface area contributed by atoms with Crippen molar-refractivity contribution in [1.29, 1.82) is 0 Å². The number of ether oxygens (including phenoxy) is 1. The molecule has 0 saturated heterocycles. The van der Waals surface area contributed by atoms with Gasteiger partial charge >= 0.3 is 0 Å². The molecule has 3 heterocycles. The third-order valence-corrected chi connectivity index (χ3v) is 6.70. The monoisotopic (exact) mass is 415 g/mol. The summed E-state index contributed by atoms with van der Waals surface area (Å²) in [5.41, 5.74) is 3.60. The predicted octanol–water partition coefficient (Wildman–Crippen LogP) is 4.79. The molecule has 0 fully saturated rings. The second-order valence-electron chi connectivity index (χ2n) is 7.49. The molecule has 0 bridgehead atoms. The molecule has 0 N–H and O–H groups in total. The average Bonchev–Trinajstić information content (AvgIpc) is 3.37. The third kappa shape index (κ3) is 2.57. The molecule has 0 aliphatic carbocycles. The van der Waals surface area contributed by atoms with Gasteiger partial charge in [-0.3, -0.25) is 9.79 Å². The van der Waals surface area contributed by atoms with Crippen LogP contribution >= 0.6 is 11.3 Å². The van der Waals surface area contributed by atoms with Crippen molar-refractivity contribution in [3.8, 4) is 5.75 Å². The van der Waals surface area contributed by atoms with Crippen LogP contribution in [0.5, 0.6) is 5.75 Å². The standard InChI is InChI=1S/C24H21N3O2S/c1-4-5-8-16(25-3)13-27-20-10-7-6-9-17(20)24(23(27)28)14-29-21-12-19-22(11-18(21)24)30-15(2)26-19/h4-12H,3,13-14H2,1-2H3/b5-4-,16-8-. The number of rotatable bonds is 4. The molecule has 6 heteroatoms. The van der Waals surface area contributed by atoms with E-state index < -0.39 is 5.41 Å². The zero-order valence-electron chi connectivity index (χ0n) is 16.9. The molecule has 2 aliphatic rings. The first kappa shape index (κ1) is 18.8. The van der Waals surface area contributed by atoms with E-state index in [-0.39, 0.29) is 5.91 Å².